The predicted molar refractivity (Wildman–Crippen MR) is 101 cm³/mol. The first-order valence-electron chi connectivity index (χ1n) is 7.43. The van der Waals surface area contributed by atoms with Crippen LogP contribution in [-0.2, 0) is 14.6 Å². The first-order valence-corrected chi connectivity index (χ1v) is 9.65. The zero-order valence-corrected chi connectivity index (χ0v) is 17.2. The van der Waals surface area contributed by atoms with Crippen molar-refractivity contribution in [1.29, 1.82) is 0 Å². The molecule has 26 heavy (non-hydrogen) atoms. The summed E-state index contributed by atoms with van der Waals surface area (Å²) in [5.41, 5.74) is 5.22. The van der Waals surface area contributed by atoms with Crippen LogP contribution in [0.4, 0.5) is 11.4 Å². The molecular weight excluding hydrogens is 380 g/mol. The Labute approximate surface area is 158 Å². The second-order valence-corrected chi connectivity index (χ2v) is 7.76. The van der Waals surface area contributed by atoms with E-state index in [1.54, 1.807) is 11.8 Å². The van der Waals surface area contributed by atoms with Crippen LogP contribution < -0.4 is 10.3 Å². The fourth-order valence-corrected chi connectivity index (χ4v) is 2.56. The van der Waals surface area contributed by atoms with Crippen molar-refractivity contribution in [3.8, 4) is 0 Å². The van der Waals surface area contributed by atoms with Crippen LogP contribution in [0.3, 0.4) is 0 Å². The Balaban J connectivity index is 0.000000487. The minimum Gasteiger partial charge on any atom is -0.726 e. The molecule has 1 aliphatic rings. The molecule has 1 N–H and O–H groups in total. The smallest absolute Gasteiger partial charge is 0.327 e. The van der Waals surface area contributed by atoms with Crippen LogP contribution in [-0.4, -0.2) is 75.6 Å². The molecule has 0 spiro atoms. The van der Waals surface area contributed by atoms with Gasteiger partial charge in [0, 0.05) is 38.6 Å². The summed E-state index contributed by atoms with van der Waals surface area (Å²) in [6, 6.07) is 8.02. The molecule has 12 heteroatoms. The molecule has 1 aliphatic heterocycles. The maximum Gasteiger partial charge on any atom is 0.327 e. The van der Waals surface area contributed by atoms with E-state index in [1.165, 1.54) is 0 Å². The van der Waals surface area contributed by atoms with Gasteiger partial charge < -0.3 is 9.45 Å². The van der Waals surface area contributed by atoms with Crippen LogP contribution >= 0.6 is 11.8 Å². The lowest BCUT2D eigenvalue weighted by molar-refractivity contribution is -0.464. The molecule has 0 bridgehead atoms. The molecule has 146 valence electrons. The van der Waals surface area contributed by atoms with Gasteiger partial charge in [-0.2, -0.15) is 15.7 Å². The van der Waals surface area contributed by atoms with E-state index in [0.29, 0.717) is 0 Å². The van der Waals surface area contributed by atoms with Crippen LogP contribution in [0.15, 0.2) is 34.5 Å². The Morgan fingerprint density at radius 2 is 1.85 bits per heavy atom. The lowest BCUT2D eigenvalue weighted by Gasteiger charge is -2.11. The first-order chi connectivity index (χ1) is 12.0. The Morgan fingerprint density at radius 1 is 1.31 bits per heavy atom. The van der Waals surface area contributed by atoms with E-state index in [-0.39, 0.29) is 5.50 Å². The minimum atomic E-state index is -4.41. The second kappa shape index (κ2) is 9.83. The number of rotatable bonds is 4. The summed E-state index contributed by atoms with van der Waals surface area (Å²) < 4.78 is 33.1. The standard InChI is InChI=1S/C13H20N6S.CH4O4S/c1-17(2)11-8-6-10(7-9-11)14-15-12-19(5)16-13(20-12)18(3)4;1-5-6(2,3)4/h6-9,12H,1-5H3;1H3,(H,2,3,4). The summed E-state index contributed by atoms with van der Waals surface area (Å²) >= 11 is 1.64. The van der Waals surface area contributed by atoms with Crippen molar-refractivity contribution in [2.45, 2.75) is 5.50 Å². The Morgan fingerprint density at radius 3 is 2.23 bits per heavy atom. The van der Waals surface area contributed by atoms with Crippen molar-refractivity contribution < 1.29 is 21.7 Å². The zero-order valence-electron chi connectivity index (χ0n) is 15.6. The molecule has 1 aromatic carbocycles. The Hall–Kier alpha value is -1.73. The molecule has 1 atom stereocenters. The molecule has 1 aromatic rings. The molecule has 1 fully saturated rings. The second-order valence-electron chi connectivity index (χ2n) is 5.57. The van der Waals surface area contributed by atoms with Crippen molar-refractivity contribution in [3.63, 3.8) is 0 Å². The predicted octanol–water partition coefficient (Wildman–Crippen LogP) is 1.02. The van der Waals surface area contributed by atoms with Crippen molar-refractivity contribution in [1.82, 2.24) is 10.4 Å². The van der Waals surface area contributed by atoms with E-state index in [0.717, 1.165) is 23.7 Å². The number of azo groups is 1. The summed E-state index contributed by atoms with van der Waals surface area (Å²) in [5.74, 6) is 0. The molecule has 1 heterocycles. The van der Waals surface area contributed by atoms with E-state index < -0.39 is 10.4 Å². The Kier molecular flexibility index (Phi) is 8.43. The highest BCUT2D eigenvalue weighted by molar-refractivity contribution is 8.14. The third-order valence-electron chi connectivity index (χ3n) is 3.07. The molecule has 0 aromatic heterocycles. The summed E-state index contributed by atoms with van der Waals surface area (Å²) in [6.07, 6.45) is 0. The van der Waals surface area contributed by atoms with Gasteiger partial charge in [0.25, 0.3) is 0 Å². The normalized spacial score (nSPS) is 17.7. The van der Waals surface area contributed by atoms with E-state index in [1.807, 2.05) is 69.1 Å². The number of hydrazine groups is 1. The number of hydrogen-bond donors (Lipinski definition) is 1. The first kappa shape index (κ1) is 22.3. The average molecular weight is 405 g/mol. The van der Waals surface area contributed by atoms with Gasteiger partial charge in [-0.25, -0.2) is 8.42 Å². The van der Waals surface area contributed by atoms with Gasteiger partial charge in [0.1, 0.15) is 0 Å². The van der Waals surface area contributed by atoms with Crippen molar-refractivity contribution in [2.24, 2.45) is 10.2 Å². The van der Waals surface area contributed by atoms with E-state index in [9.17, 15) is 13.0 Å². The van der Waals surface area contributed by atoms with E-state index in [4.69, 9.17) is 0 Å². The highest BCUT2D eigenvalue weighted by Crippen LogP contribution is 2.25. The van der Waals surface area contributed by atoms with Crippen molar-refractivity contribution in [2.75, 3.05) is 47.2 Å². The monoisotopic (exact) mass is 404 g/mol. The number of nitrogens with one attached hydrogen (secondary N) is 1. The minimum absolute atomic E-state index is 0.0408. The van der Waals surface area contributed by atoms with Crippen molar-refractivity contribution >= 4 is 38.7 Å². The van der Waals surface area contributed by atoms with Crippen LogP contribution in [0.1, 0.15) is 0 Å². The topological polar surface area (TPSA) is 113 Å². The van der Waals surface area contributed by atoms with Gasteiger partial charge in [-0.3, -0.25) is 8.76 Å². The summed E-state index contributed by atoms with van der Waals surface area (Å²) in [4.78, 5) is 2.06. The van der Waals surface area contributed by atoms with Crippen LogP contribution in [0.2, 0.25) is 0 Å². The van der Waals surface area contributed by atoms with Crippen LogP contribution in [0, 0.1) is 0 Å². The molecule has 10 nitrogen and oxygen atoms in total. The van der Waals surface area contributed by atoms with Gasteiger partial charge in [-0.05, 0) is 24.3 Å². The summed E-state index contributed by atoms with van der Waals surface area (Å²) in [5, 5.41) is 11.7. The van der Waals surface area contributed by atoms with Crippen LogP contribution in [0.5, 0.6) is 0 Å². The largest absolute Gasteiger partial charge is 0.726 e. The summed E-state index contributed by atoms with van der Waals surface area (Å²) in [7, 11) is 6.40. The highest BCUT2D eigenvalue weighted by atomic mass is 32.3. The molecule has 0 saturated carbocycles. The molecule has 0 radical (unpaired) electrons. The summed E-state index contributed by atoms with van der Waals surface area (Å²) in [6.45, 7) is 0. The molecular formula is C14H24N6O4S2. The van der Waals surface area contributed by atoms with Gasteiger partial charge in [0.2, 0.25) is 15.9 Å². The third kappa shape index (κ3) is 7.66. The molecule has 0 aliphatic carbocycles. The maximum absolute atomic E-state index is 9.22. The SMILES string of the molecule is CN(C)c1ccc(N=NC2SC(=[N+](C)C)NN2C)cc1.COS(=O)(=O)[O-]. The van der Waals surface area contributed by atoms with Gasteiger partial charge in [0.05, 0.1) is 26.9 Å². The van der Waals surface area contributed by atoms with E-state index in [2.05, 4.69) is 24.7 Å². The number of anilines is 1. The van der Waals surface area contributed by atoms with Gasteiger partial charge in [-0.15, -0.1) is 5.01 Å². The number of hydrogen-bond acceptors (Lipinski definition) is 9. The Bertz CT molecular complexity index is 745. The van der Waals surface area contributed by atoms with Gasteiger partial charge >= 0.3 is 5.17 Å². The maximum atomic E-state index is 9.22. The fraction of sp³-hybridized carbons (Fsp3) is 0.500. The van der Waals surface area contributed by atoms with E-state index >= 15 is 0 Å². The van der Waals surface area contributed by atoms with Gasteiger partial charge in [-0.1, -0.05) is 0 Å². The zero-order chi connectivity index (χ0) is 19.9. The fourth-order valence-electron chi connectivity index (χ4n) is 1.65. The number of thioether (sulfide) groups is 1. The number of benzene rings is 1. The third-order valence-corrected chi connectivity index (χ3v) is 4.78. The highest BCUT2D eigenvalue weighted by Gasteiger charge is 2.33. The molecule has 2 rings (SSSR count). The van der Waals surface area contributed by atoms with Crippen LogP contribution in [0.25, 0.3) is 0 Å². The quantitative estimate of drug-likeness (QED) is 0.343. The lowest BCUT2D eigenvalue weighted by Crippen LogP contribution is -2.35. The van der Waals surface area contributed by atoms with Crippen molar-refractivity contribution in [3.05, 3.63) is 24.3 Å². The molecule has 1 unspecified atom stereocenters. The number of nitrogens with zero attached hydrogens (tertiary/aromatic N) is 5. The average Bonchev–Trinajstić information content (AvgIpc) is 2.94. The van der Waals surface area contributed by atoms with Gasteiger partial charge in [0.15, 0.2) is 0 Å². The number of amidine groups is 1. The molecule has 0 amide bonds. The lowest BCUT2D eigenvalue weighted by atomic mass is 10.3. The molecule has 1 saturated heterocycles.